The van der Waals surface area contributed by atoms with Gasteiger partial charge in [-0.2, -0.15) is 0 Å². The fraction of sp³-hybridized carbons (Fsp3) is 0.0909. The zero-order chi connectivity index (χ0) is 12.3. The predicted molar refractivity (Wildman–Crippen MR) is 71.7 cm³/mol. The topological polar surface area (TPSA) is 62.8 Å². The lowest BCUT2D eigenvalue weighted by Crippen LogP contribution is -2.48. The van der Waals surface area contributed by atoms with Gasteiger partial charge in [-0.05, 0) is 18.2 Å². The Hall–Kier alpha value is -1.36. The molecule has 17 heavy (non-hydrogen) atoms. The van der Waals surface area contributed by atoms with E-state index >= 15 is 0 Å². The first-order valence-corrected chi connectivity index (χ1v) is 5.62. The molecule has 0 amide bonds. The van der Waals surface area contributed by atoms with Crippen LogP contribution in [-0.2, 0) is 0 Å². The van der Waals surface area contributed by atoms with Gasteiger partial charge in [0, 0.05) is 24.2 Å². The summed E-state index contributed by atoms with van der Waals surface area (Å²) in [6.07, 6.45) is 6.47. The van der Waals surface area contributed by atoms with Crippen molar-refractivity contribution in [3.63, 3.8) is 0 Å². The fourth-order valence-corrected chi connectivity index (χ4v) is 1.77. The quantitative estimate of drug-likeness (QED) is 0.808. The molecule has 1 aliphatic rings. The van der Waals surface area contributed by atoms with Crippen LogP contribution in [0.1, 0.15) is 5.56 Å². The van der Waals surface area contributed by atoms with Crippen LogP contribution in [0, 0.1) is 0 Å². The van der Waals surface area contributed by atoms with Gasteiger partial charge < -0.3 is 5.32 Å². The van der Waals surface area contributed by atoms with Gasteiger partial charge in [-0.15, -0.1) is 0 Å². The molecule has 2 rings (SSSR count). The summed E-state index contributed by atoms with van der Waals surface area (Å²) in [5.41, 5.74) is 6.48. The zero-order valence-corrected chi connectivity index (χ0v) is 10.3. The Bertz CT molecular complexity index is 490. The van der Waals surface area contributed by atoms with Gasteiger partial charge in [0.15, 0.2) is 0 Å². The van der Waals surface area contributed by atoms with Crippen LogP contribution in [-0.4, -0.2) is 18.3 Å². The molecule has 1 heterocycles. The van der Waals surface area contributed by atoms with E-state index in [9.17, 15) is 0 Å². The molecule has 1 aliphatic heterocycles. The Labute approximate surface area is 109 Å². The van der Waals surface area contributed by atoms with Crippen LogP contribution in [0.4, 0.5) is 0 Å². The monoisotopic (exact) mass is 268 g/mol. The molecule has 0 saturated carbocycles. The van der Waals surface area contributed by atoms with Gasteiger partial charge in [0.25, 0.3) is 5.91 Å². The van der Waals surface area contributed by atoms with E-state index in [1.54, 1.807) is 36.7 Å². The van der Waals surface area contributed by atoms with E-state index in [4.69, 9.17) is 28.9 Å². The molecule has 0 spiro atoms. The number of halogens is 2. The Morgan fingerprint density at radius 2 is 2.06 bits per heavy atom. The minimum Gasteiger partial charge on any atom is -0.336 e. The molecule has 88 valence electrons. The standard InChI is InChI=1S/C11H10Cl2N4/c12-9-3-1-4-10(13)8(9)7-17-11(14)15-5-2-6-16-11/h1-7,15H,14H2. The largest absolute Gasteiger partial charge is 0.336 e. The summed E-state index contributed by atoms with van der Waals surface area (Å²) in [5, 5.41) is 3.85. The normalized spacial score (nSPS) is 23.0. The van der Waals surface area contributed by atoms with Crippen molar-refractivity contribution in [3.05, 3.63) is 46.1 Å². The molecule has 0 aromatic heterocycles. The number of nitrogens with one attached hydrogen (secondary N) is 1. The van der Waals surface area contributed by atoms with Gasteiger partial charge in [0.1, 0.15) is 0 Å². The van der Waals surface area contributed by atoms with Crippen LogP contribution in [0.2, 0.25) is 10.0 Å². The number of aliphatic imine (C=N–C) groups is 2. The number of nitrogens with zero attached hydrogens (tertiary/aromatic N) is 2. The highest BCUT2D eigenvalue weighted by atomic mass is 35.5. The second kappa shape index (κ2) is 4.87. The molecular formula is C11H10Cl2N4. The molecule has 1 unspecified atom stereocenters. The van der Waals surface area contributed by atoms with Gasteiger partial charge in [-0.1, -0.05) is 29.3 Å². The average molecular weight is 269 g/mol. The lowest BCUT2D eigenvalue weighted by atomic mass is 10.2. The molecule has 1 aromatic rings. The van der Waals surface area contributed by atoms with Gasteiger partial charge in [0.05, 0.1) is 10.0 Å². The van der Waals surface area contributed by atoms with Gasteiger partial charge in [-0.25, -0.2) is 9.98 Å². The van der Waals surface area contributed by atoms with Crippen LogP contribution in [0.5, 0.6) is 0 Å². The SMILES string of the molecule is NC1(N=Cc2c(Cl)cccc2Cl)N=CC=CN1. The summed E-state index contributed by atoms with van der Waals surface area (Å²) in [4.78, 5) is 8.14. The number of benzene rings is 1. The maximum Gasteiger partial charge on any atom is 0.283 e. The number of nitrogens with two attached hydrogens (primary N) is 1. The summed E-state index contributed by atoms with van der Waals surface area (Å²) in [6, 6.07) is 5.23. The number of allylic oxidation sites excluding steroid dienone is 1. The first-order valence-electron chi connectivity index (χ1n) is 4.87. The Balaban J connectivity index is 2.26. The molecule has 0 saturated heterocycles. The number of hydrogen-bond donors (Lipinski definition) is 2. The number of hydrogen-bond acceptors (Lipinski definition) is 4. The molecule has 6 heteroatoms. The highest BCUT2D eigenvalue weighted by Crippen LogP contribution is 2.22. The van der Waals surface area contributed by atoms with Crippen LogP contribution in [0.25, 0.3) is 0 Å². The van der Waals surface area contributed by atoms with Gasteiger partial charge >= 0.3 is 0 Å². The fourth-order valence-electron chi connectivity index (χ4n) is 1.28. The maximum atomic E-state index is 6.00. The van der Waals surface area contributed by atoms with Crippen LogP contribution in [0.3, 0.4) is 0 Å². The first-order chi connectivity index (χ1) is 8.11. The summed E-state index contributed by atoms with van der Waals surface area (Å²) in [7, 11) is 0. The van der Waals surface area contributed by atoms with Crippen LogP contribution < -0.4 is 11.1 Å². The Morgan fingerprint density at radius 3 is 2.65 bits per heavy atom. The van der Waals surface area contributed by atoms with Crippen LogP contribution >= 0.6 is 23.2 Å². The van der Waals surface area contributed by atoms with Crippen molar-refractivity contribution in [1.82, 2.24) is 5.32 Å². The van der Waals surface area contributed by atoms with Gasteiger partial charge in [0.2, 0.25) is 0 Å². The summed E-state index contributed by atoms with van der Waals surface area (Å²) in [6.45, 7) is 0. The average Bonchev–Trinajstić information content (AvgIpc) is 2.29. The molecular weight excluding hydrogens is 259 g/mol. The lowest BCUT2D eigenvalue weighted by Gasteiger charge is -2.22. The molecule has 0 bridgehead atoms. The van der Waals surface area contributed by atoms with Crippen LogP contribution in [0.15, 0.2) is 40.5 Å². The third kappa shape index (κ3) is 2.85. The molecule has 0 fully saturated rings. The third-order valence-corrected chi connectivity index (χ3v) is 2.80. The number of rotatable bonds is 2. The minimum absolute atomic E-state index is 0.514. The lowest BCUT2D eigenvalue weighted by molar-refractivity contribution is 0.418. The molecule has 4 nitrogen and oxygen atoms in total. The summed E-state index contributed by atoms with van der Waals surface area (Å²) < 4.78 is 0. The summed E-state index contributed by atoms with van der Waals surface area (Å²) >= 11 is 12.0. The Kier molecular flexibility index (Phi) is 3.47. The second-order valence-corrected chi connectivity index (χ2v) is 4.22. The molecule has 1 atom stereocenters. The van der Waals surface area contributed by atoms with Crippen molar-refractivity contribution in [2.75, 3.05) is 0 Å². The summed E-state index contributed by atoms with van der Waals surface area (Å²) in [5.74, 6) is -1.20. The van der Waals surface area contributed by atoms with E-state index in [0.29, 0.717) is 15.6 Å². The van der Waals surface area contributed by atoms with Crippen molar-refractivity contribution in [2.45, 2.75) is 5.91 Å². The van der Waals surface area contributed by atoms with Crippen molar-refractivity contribution in [2.24, 2.45) is 15.7 Å². The highest BCUT2D eigenvalue weighted by Gasteiger charge is 2.20. The van der Waals surface area contributed by atoms with Crippen molar-refractivity contribution in [3.8, 4) is 0 Å². The third-order valence-electron chi connectivity index (χ3n) is 2.14. The predicted octanol–water partition coefficient (Wildman–Crippen LogP) is 2.17. The van der Waals surface area contributed by atoms with E-state index in [1.807, 2.05) is 0 Å². The van der Waals surface area contributed by atoms with Crippen molar-refractivity contribution in [1.29, 1.82) is 0 Å². The smallest absolute Gasteiger partial charge is 0.283 e. The van der Waals surface area contributed by atoms with Gasteiger partial charge in [-0.3, -0.25) is 5.73 Å². The van der Waals surface area contributed by atoms with E-state index in [2.05, 4.69) is 15.3 Å². The zero-order valence-electron chi connectivity index (χ0n) is 8.77. The second-order valence-electron chi connectivity index (χ2n) is 3.40. The molecule has 0 radical (unpaired) electrons. The van der Waals surface area contributed by atoms with Crippen molar-refractivity contribution < 1.29 is 0 Å². The van der Waals surface area contributed by atoms with E-state index in [1.165, 1.54) is 6.21 Å². The van der Waals surface area contributed by atoms with E-state index in [-0.39, 0.29) is 0 Å². The maximum absolute atomic E-state index is 6.00. The molecule has 1 aromatic carbocycles. The molecule has 0 aliphatic carbocycles. The minimum atomic E-state index is -1.20. The van der Waals surface area contributed by atoms with E-state index in [0.717, 1.165) is 0 Å². The van der Waals surface area contributed by atoms with Crippen molar-refractivity contribution >= 4 is 35.6 Å². The Morgan fingerprint density at radius 1 is 1.35 bits per heavy atom. The molecule has 3 N–H and O–H groups in total. The first kappa shape index (κ1) is 12.1. The van der Waals surface area contributed by atoms with E-state index < -0.39 is 5.91 Å². The highest BCUT2D eigenvalue weighted by molar-refractivity contribution is 6.38.